The van der Waals surface area contributed by atoms with E-state index in [0.717, 1.165) is 17.4 Å². The maximum atomic E-state index is 12.1. The summed E-state index contributed by atoms with van der Waals surface area (Å²) in [4.78, 5) is 16.1. The number of sulfonamides is 1. The molecule has 0 bridgehead atoms. The molecule has 27 heavy (non-hydrogen) atoms. The molecule has 0 radical (unpaired) electrons. The summed E-state index contributed by atoms with van der Waals surface area (Å²) in [5.41, 5.74) is 1.65. The maximum absolute atomic E-state index is 12.1. The van der Waals surface area contributed by atoms with Crippen molar-refractivity contribution in [1.29, 1.82) is 0 Å². The standard InChI is InChI=1S/C18H21N3O5S/c1-27(23,24)21(12-15-3-2-7-19-10-15)8-6-18(22)20-11-14-4-5-16-17(9-14)26-13-25-16/h2-5,7,9-10H,6,8,11-13H2,1H3,(H,20,22). The van der Waals surface area contributed by atoms with E-state index in [0.29, 0.717) is 18.0 Å². The van der Waals surface area contributed by atoms with Crippen molar-refractivity contribution in [3.05, 3.63) is 53.9 Å². The van der Waals surface area contributed by atoms with Crippen LogP contribution in [0.5, 0.6) is 11.5 Å². The molecule has 0 saturated carbocycles. The van der Waals surface area contributed by atoms with E-state index in [4.69, 9.17) is 9.47 Å². The predicted molar refractivity (Wildman–Crippen MR) is 98.5 cm³/mol. The number of carbonyl (C=O) groups excluding carboxylic acids is 1. The number of rotatable bonds is 8. The predicted octanol–water partition coefficient (Wildman–Crippen LogP) is 1.28. The zero-order valence-corrected chi connectivity index (χ0v) is 15.7. The van der Waals surface area contributed by atoms with Crippen LogP contribution in [-0.4, -0.2) is 43.2 Å². The summed E-state index contributed by atoms with van der Waals surface area (Å²) in [5.74, 6) is 1.11. The molecule has 0 spiro atoms. The zero-order valence-electron chi connectivity index (χ0n) is 14.9. The molecular weight excluding hydrogens is 370 g/mol. The monoisotopic (exact) mass is 391 g/mol. The summed E-state index contributed by atoms with van der Waals surface area (Å²) in [7, 11) is -3.44. The number of hydrogen-bond acceptors (Lipinski definition) is 6. The fourth-order valence-corrected chi connectivity index (χ4v) is 3.43. The van der Waals surface area contributed by atoms with Gasteiger partial charge in [-0.1, -0.05) is 12.1 Å². The third-order valence-electron chi connectivity index (χ3n) is 4.07. The number of nitrogens with zero attached hydrogens (tertiary/aromatic N) is 2. The van der Waals surface area contributed by atoms with Crippen LogP contribution in [0.15, 0.2) is 42.7 Å². The first kappa shape index (κ1) is 19.1. The van der Waals surface area contributed by atoms with Crippen molar-refractivity contribution in [1.82, 2.24) is 14.6 Å². The van der Waals surface area contributed by atoms with E-state index in [1.54, 1.807) is 30.6 Å². The number of nitrogens with one attached hydrogen (secondary N) is 1. The number of hydrogen-bond donors (Lipinski definition) is 1. The van der Waals surface area contributed by atoms with Gasteiger partial charge < -0.3 is 14.8 Å². The molecule has 1 aliphatic rings. The van der Waals surface area contributed by atoms with Crippen LogP contribution >= 0.6 is 0 Å². The average molecular weight is 391 g/mol. The summed E-state index contributed by atoms with van der Waals surface area (Å²) in [5, 5.41) is 2.79. The van der Waals surface area contributed by atoms with Crippen LogP contribution in [-0.2, 0) is 27.9 Å². The molecule has 9 heteroatoms. The number of amides is 1. The molecule has 1 aromatic heterocycles. The molecule has 2 aromatic rings. The van der Waals surface area contributed by atoms with Crippen LogP contribution in [0.3, 0.4) is 0 Å². The molecule has 0 atom stereocenters. The van der Waals surface area contributed by atoms with Crippen molar-refractivity contribution in [2.75, 3.05) is 19.6 Å². The summed E-state index contributed by atoms with van der Waals surface area (Å²) in [6.45, 7) is 0.809. The van der Waals surface area contributed by atoms with Crippen LogP contribution in [0.2, 0.25) is 0 Å². The Bertz CT molecular complexity index is 902. The van der Waals surface area contributed by atoms with Crippen LogP contribution in [0, 0.1) is 0 Å². The minimum atomic E-state index is -3.44. The Labute approximate surface area is 158 Å². The maximum Gasteiger partial charge on any atom is 0.231 e. The summed E-state index contributed by atoms with van der Waals surface area (Å²) in [6.07, 6.45) is 4.43. The van der Waals surface area contributed by atoms with Crippen LogP contribution in [0.1, 0.15) is 17.5 Å². The number of carbonyl (C=O) groups is 1. The van der Waals surface area contributed by atoms with E-state index in [2.05, 4.69) is 10.3 Å². The largest absolute Gasteiger partial charge is 0.454 e. The normalized spacial score (nSPS) is 13.0. The first-order chi connectivity index (χ1) is 12.9. The molecule has 0 aliphatic carbocycles. The van der Waals surface area contributed by atoms with E-state index in [1.165, 1.54) is 4.31 Å². The van der Waals surface area contributed by atoms with Crippen molar-refractivity contribution < 1.29 is 22.7 Å². The SMILES string of the molecule is CS(=O)(=O)N(CCC(=O)NCc1ccc2c(c1)OCO2)Cc1cccnc1. The molecular formula is C18H21N3O5S. The molecule has 3 rings (SSSR count). The van der Waals surface area contributed by atoms with Crippen molar-refractivity contribution in [2.24, 2.45) is 0 Å². The van der Waals surface area contributed by atoms with Gasteiger partial charge in [-0.3, -0.25) is 9.78 Å². The van der Waals surface area contributed by atoms with Crippen molar-refractivity contribution in [3.63, 3.8) is 0 Å². The quantitative estimate of drug-likeness (QED) is 0.728. The lowest BCUT2D eigenvalue weighted by atomic mass is 10.2. The number of ether oxygens (including phenoxy) is 2. The summed E-state index contributed by atoms with van der Waals surface area (Å²) >= 11 is 0. The minimum absolute atomic E-state index is 0.0673. The molecule has 0 unspecified atom stereocenters. The lowest BCUT2D eigenvalue weighted by Crippen LogP contribution is -2.34. The van der Waals surface area contributed by atoms with Gasteiger partial charge in [0.25, 0.3) is 0 Å². The van der Waals surface area contributed by atoms with E-state index >= 15 is 0 Å². The van der Waals surface area contributed by atoms with Gasteiger partial charge >= 0.3 is 0 Å². The topological polar surface area (TPSA) is 97.8 Å². The van der Waals surface area contributed by atoms with Crippen LogP contribution < -0.4 is 14.8 Å². The Morgan fingerprint density at radius 2 is 2.04 bits per heavy atom. The number of benzene rings is 1. The molecule has 144 valence electrons. The highest BCUT2D eigenvalue weighted by Gasteiger charge is 2.19. The van der Waals surface area contributed by atoms with E-state index in [1.807, 2.05) is 12.1 Å². The lowest BCUT2D eigenvalue weighted by molar-refractivity contribution is -0.121. The highest BCUT2D eigenvalue weighted by molar-refractivity contribution is 7.88. The van der Waals surface area contributed by atoms with E-state index in [9.17, 15) is 13.2 Å². The van der Waals surface area contributed by atoms with E-state index < -0.39 is 10.0 Å². The van der Waals surface area contributed by atoms with Crippen LogP contribution in [0.4, 0.5) is 0 Å². The number of pyridine rings is 1. The lowest BCUT2D eigenvalue weighted by Gasteiger charge is -2.19. The fourth-order valence-electron chi connectivity index (χ4n) is 2.62. The summed E-state index contributed by atoms with van der Waals surface area (Å²) in [6, 6.07) is 8.99. The van der Waals surface area contributed by atoms with Gasteiger partial charge in [0.15, 0.2) is 11.5 Å². The second-order valence-corrected chi connectivity index (χ2v) is 8.15. The van der Waals surface area contributed by atoms with Gasteiger partial charge in [-0.15, -0.1) is 0 Å². The van der Waals surface area contributed by atoms with Gasteiger partial charge in [0.1, 0.15) is 0 Å². The molecule has 0 saturated heterocycles. The molecule has 8 nitrogen and oxygen atoms in total. The van der Waals surface area contributed by atoms with E-state index in [-0.39, 0.29) is 32.2 Å². The highest BCUT2D eigenvalue weighted by Crippen LogP contribution is 2.32. The fraction of sp³-hybridized carbons (Fsp3) is 0.333. The third kappa shape index (κ3) is 5.41. The van der Waals surface area contributed by atoms with Gasteiger partial charge in [0.2, 0.25) is 22.7 Å². The molecule has 2 heterocycles. The second-order valence-electron chi connectivity index (χ2n) is 6.17. The first-order valence-electron chi connectivity index (χ1n) is 8.41. The molecule has 1 amide bonds. The third-order valence-corrected chi connectivity index (χ3v) is 5.32. The van der Waals surface area contributed by atoms with Crippen molar-refractivity contribution in [3.8, 4) is 11.5 Å². The van der Waals surface area contributed by atoms with Gasteiger partial charge in [-0.05, 0) is 29.3 Å². The van der Waals surface area contributed by atoms with Gasteiger partial charge in [0, 0.05) is 38.4 Å². The summed E-state index contributed by atoms with van der Waals surface area (Å²) < 4.78 is 35.8. The average Bonchev–Trinajstić information content (AvgIpc) is 3.11. The van der Waals surface area contributed by atoms with Crippen molar-refractivity contribution >= 4 is 15.9 Å². The first-order valence-corrected chi connectivity index (χ1v) is 10.3. The number of aromatic nitrogens is 1. The van der Waals surface area contributed by atoms with Crippen molar-refractivity contribution in [2.45, 2.75) is 19.5 Å². The molecule has 1 aliphatic heterocycles. The Kier molecular flexibility index (Phi) is 5.92. The molecule has 1 aromatic carbocycles. The number of fused-ring (bicyclic) bond motifs is 1. The van der Waals surface area contributed by atoms with Gasteiger partial charge in [-0.2, -0.15) is 4.31 Å². The highest BCUT2D eigenvalue weighted by atomic mass is 32.2. The van der Waals surface area contributed by atoms with Crippen LogP contribution in [0.25, 0.3) is 0 Å². The van der Waals surface area contributed by atoms with Gasteiger partial charge in [-0.25, -0.2) is 8.42 Å². The Morgan fingerprint density at radius 3 is 2.78 bits per heavy atom. The zero-order chi connectivity index (χ0) is 19.3. The molecule has 0 fully saturated rings. The second kappa shape index (κ2) is 8.36. The molecule has 1 N–H and O–H groups in total. The van der Waals surface area contributed by atoms with Gasteiger partial charge in [0.05, 0.1) is 6.26 Å². The Morgan fingerprint density at radius 1 is 1.22 bits per heavy atom. The smallest absolute Gasteiger partial charge is 0.231 e. The minimum Gasteiger partial charge on any atom is -0.454 e. The Balaban J connectivity index is 1.51. The Hall–Kier alpha value is -2.65.